The van der Waals surface area contributed by atoms with E-state index in [0.717, 1.165) is 6.20 Å². The highest BCUT2D eigenvalue weighted by Gasteiger charge is 2.23. The maximum absolute atomic E-state index is 13.9. The van der Waals surface area contributed by atoms with E-state index in [2.05, 4.69) is 21.5 Å². The smallest absolute Gasteiger partial charge is 0.280 e. The molecule has 0 amide bonds. The lowest BCUT2D eigenvalue weighted by molar-refractivity contribution is 0.0768. The van der Waals surface area contributed by atoms with Gasteiger partial charge in [0.05, 0.1) is 17.5 Å². The molecule has 0 unspecified atom stereocenters. The predicted molar refractivity (Wildman–Crippen MR) is 141 cm³/mol. The first-order chi connectivity index (χ1) is 17.8. The molecular weight excluding hydrogens is 520 g/mol. The van der Waals surface area contributed by atoms with Gasteiger partial charge in [0.2, 0.25) is 5.88 Å². The fourth-order valence-corrected chi connectivity index (χ4v) is 3.71. The maximum atomic E-state index is 13.9. The minimum atomic E-state index is -1.40. The highest BCUT2D eigenvalue weighted by molar-refractivity contribution is 6.31. The fourth-order valence-electron chi connectivity index (χ4n) is 3.53. The molecule has 1 N–H and O–H groups in total. The first kappa shape index (κ1) is 28.6. The van der Waals surface area contributed by atoms with E-state index in [4.69, 9.17) is 16.3 Å². The van der Waals surface area contributed by atoms with Crippen molar-refractivity contribution in [1.82, 2.24) is 19.1 Å². The summed E-state index contributed by atoms with van der Waals surface area (Å²) in [6.45, 7) is 9.62. The highest BCUT2D eigenvalue weighted by atomic mass is 35.5. The summed E-state index contributed by atoms with van der Waals surface area (Å²) in [6.07, 6.45) is 3.77. The van der Waals surface area contributed by atoms with Crippen molar-refractivity contribution in [2.45, 2.75) is 39.9 Å². The summed E-state index contributed by atoms with van der Waals surface area (Å²) >= 11 is 6.27. The molecule has 200 valence electrons. The molecule has 0 aliphatic carbocycles. The standard InChI is InChI=1S/C26H26ClF2N5O4/c1-14(2)20(11-21(30-6)33-9-7-8-17(24(33)35)26(4,5)37)34-15(3)32-23(22(27)25(34)36)38-13-19-18(29)10-16(28)12-31-19/h7-12,37H,1,13H2,2-6H3/b20-11+,30-21?. The summed E-state index contributed by atoms with van der Waals surface area (Å²) < 4.78 is 34.8. The molecule has 0 saturated heterocycles. The molecule has 0 saturated carbocycles. The lowest BCUT2D eigenvalue weighted by Crippen LogP contribution is -2.34. The number of hydrogen-bond donors (Lipinski definition) is 1. The van der Waals surface area contributed by atoms with E-state index in [1.54, 1.807) is 13.0 Å². The van der Waals surface area contributed by atoms with E-state index in [9.17, 15) is 23.5 Å². The normalized spacial score (nSPS) is 12.6. The number of ether oxygens (including phenoxy) is 1. The quantitative estimate of drug-likeness (QED) is 0.274. The van der Waals surface area contributed by atoms with E-state index in [-0.39, 0.29) is 34.5 Å². The number of aromatic nitrogens is 4. The van der Waals surface area contributed by atoms with Crippen molar-refractivity contribution in [3.8, 4) is 5.88 Å². The number of aliphatic imine (C=N–C) groups is 1. The first-order valence-corrected chi connectivity index (χ1v) is 11.7. The zero-order valence-electron chi connectivity index (χ0n) is 21.4. The van der Waals surface area contributed by atoms with Gasteiger partial charge in [0.1, 0.15) is 29.8 Å². The minimum Gasteiger partial charge on any atom is -0.470 e. The van der Waals surface area contributed by atoms with Crippen LogP contribution >= 0.6 is 11.6 Å². The molecule has 3 heterocycles. The van der Waals surface area contributed by atoms with Crippen LogP contribution in [0.4, 0.5) is 8.78 Å². The SMILES string of the molecule is C=C(C)/C(=C\C(=NC)n1cccc(C(C)(C)O)c1=O)n1c(C)nc(OCc2ncc(F)cc2F)c(Cl)c1=O. The molecular formula is C26H26ClF2N5O4. The molecule has 0 spiro atoms. The molecule has 3 rings (SSSR count). The summed E-state index contributed by atoms with van der Waals surface area (Å²) in [5, 5.41) is 9.96. The Labute approximate surface area is 222 Å². The van der Waals surface area contributed by atoms with E-state index in [1.165, 1.54) is 55.3 Å². The number of aliphatic hydroxyl groups is 1. The van der Waals surface area contributed by atoms with Crippen LogP contribution in [0.5, 0.6) is 5.88 Å². The number of allylic oxidation sites excluding steroid dienone is 3. The van der Waals surface area contributed by atoms with E-state index < -0.39 is 40.0 Å². The Morgan fingerprint density at radius 3 is 2.58 bits per heavy atom. The third-order valence-corrected chi connectivity index (χ3v) is 5.74. The van der Waals surface area contributed by atoms with Crippen LogP contribution in [0.25, 0.3) is 5.70 Å². The van der Waals surface area contributed by atoms with Gasteiger partial charge in [-0.1, -0.05) is 18.2 Å². The molecule has 3 aromatic heterocycles. The molecule has 3 aromatic rings. The number of nitrogens with zero attached hydrogens (tertiary/aromatic N) is 5. The average Bonchev–Trinajstić information content (AvgIpc) is 2.83. The van der Waals surface area contributed by atoms with Crippen LogP contribution in [0.3, 0.4) is 0 Å². The van der Waals surface area contributed by atoms with Gasteiger partial charge in [0.15, 0.2) is 10.8 Å². The Hall–Kier alpha value is -3.96. The molecule has 0 aromatic carbocycles. The second-order valence-electron chi connectivity index (χ2n) is 8.84. The third kappa shape index (κ3) is 5.95. The van der Waals surface area contributed by atoms with Crippen molar-refractivity contribution in [3.63, 3.8) is 0 Å². The molecule has 0 atom stereocenters. The van der Waals surface area contributed by atoms with Crippen molar-refractivity contribution in [2.75, 3.05) is 7.05 Å². The van der Waals surface area contributed by atoms with Crippen LogP contribution in [-0.4, -0.2) is 37.1 Å². The van der Waals surface area contributed by atoms with Gasteiger partial charge in [0, 0.05) is 31.0 Å². The van der Waals surface area contributed by atoms with Crippen LogP contribution in [0.15, 0.2) is 63.4 Å². The fraction of sp³-hybridized carbons (Fsp3) is 0.269. The average molecular weight is 546 g/mol. The molecule has 0 bridgehead atoms. The van der Waals surface area contributed by atoms with Crippen molar-refractivity contribution in [2.24, 2.45) is 4.99 Å². The lowest BCUT2D eigenvalue weighted by Gasteiger charge is -2.19. The zero-order valence-corrected chi connectivity index (χ0v) is 22.2. The van der Waals surface area contributed by atoms with Gasteiger partial charge in [-0.25, -0.2) is 8.78 Å². The number of rotatable bonds is 7. The molecule has 9 nitrogen and oxygen atoms in total. The monoisotopic (exact) mass is 545 g/mol. The number of halogens is 3. The Balaban J connectivity index is 2.08. The molecule has 0 fully saturated rings. The summed E-state index contributed by atoms with van der Waals surface area (Å²) in [6, 6.07) is 3.76. The Morgan fingerprint density at radius 2 is 2.00 bits per heavy atom. The summed E-state index contributed by atoms with van der Waals surface area (Å²) in [5.74, 6) is -1.74. The summed E-state index contributed by atoms with van der Waals surface area (Å²) in [7, 11) is 1.46. The number of pyridine rings is 2. The van der Waals surface area contributed by atoms with Gasteiger partial charge in [0.25, 0.3) is 11.1 Å². The highest BCUT2D eigenvalue weighted by Crippen LogP contribution is 2.23. The largest absolute Gasteiger partial charge is 0.470 e. The van der Waals surface area contributed by atoms with Crippen LogP contribution in [0, 0.1) is 18.6 Å². The second-order valence-corrected chi connectivity index (χ2v) is 9.22. The Bertz CT molecular complexity index is 1590. The summed E-state index contributed by atoms with van der Waals surface area (Å²) in [5.41, 5.74) is -2.00. The molecule has 0 aliphatic heterocycles. The van der Waals surface area contributed by atoms with Gasteiger partial charge in [-0.3, -0.25) is 28.7 Å². The van der Waals surface area contributed by atoms with Crippen molar-refractivity contribution < 1.29 is 18.6 Å². The van der Waals surface area contributed by atoms with Crippen LogP contribution in [0.1, 0.15) is 37.9 Å². The third-order valence-electron chi connectivity index (χ3n) is 5.42. The van der Waals surface area contributed by atoms with Crippen LogP contribution in [-0.2, 0) is 12.2 Å². The second kappa shape index (κ2) is 11.2. The molecule has 38 heavy (non-hydrogen) atoms. The van der Waals surface area contributed by atoms with Crippen molar-refractivity contribution in [3.05, 3.63) is 103 Å². The van der Waals surface area contributed by atoms with Gasteiger partial charge in [-0.05, 0) is 45.4 Å². The van der Waals surface area contributed by atoms with Crippen LogP contribution < -0.4 is 15.9 Å². The Kier molecular flexibility index (Phi) is 8.43. The van der Waals surface area contributed by atoms with Gasteiger partial charge >= 0.3 is 0 Å². The van der Waals surface area contributed by atoms with Crippen molar-refractivity contribution in [1.29, 1.82) is 0 Å². The van der Waals surface area contributed by atoms with Gasteiger partial charge in [-0.2, -0.15) is 4.98 Å². The molecule has 0 radical (unpaired) electrons. The van der Waals surface area contributed by atoms with Crippen LogP contribution in [0.2, 0.25) is 5.02 Å². The summed E-state index contributed by atoms with van der Waals surface area (Å²) in [4.78, 5) is 38.4. The lowest BCUT2D eigenvalue weighted by atomic mass is 10.0. The molecule has 12 heteroatoms. The van der Waals surface area contributed by atoms with Gasteiger partial charge < -0.3 is 9.84 Å². The minimum absolute atomic E-state index is 0.143. The zero-order chi connectivity index (χ0) is 28.4. The number of hydrogen-bond acceptors (Lipinski definition) is 7. The maximum Gasteiger partial charge on any atom is 0.280 e. The van der Waals surface area contributed by atoms with E-state index in [0.29, 0.717) is 11.6 Å². The molecule has 0 aliphatic rings. The van der Waals surface area contributed by atoms with Gasteiger partial charge in [-0.15, -0.1) is 0 Å². The van der Waals surface area contributed by atoms with E-state index >= 15 is 0 Å². The Morgan fingerprint density at radius 1 is 1.32 bits per heavy atom. The predicted octanol–water partition coefficient (Wildman–Crippen LogP) is 3.84. The topological polar surface area (TPSA) is 112 Å². The number of aryl methyl sites for hydroxylation is 1. The van der Waals surface area contributed by atoms with Crippen molar-refractivity contribution >= 4 is 23.1 Å². The first-order valence-electron chi connectivity index (χ1n) is 11.3. The van der Waals surface area contributed by atoms with E-state index in [1.807, 2.05) is 0 Å².